The minimum atomic E-state index is -0.948. The number of nitrogens with zero attached hydrogens (tertiary/aromatic N) is 2. The Bertz CT molecular complexity index is 639. The maximum Gasteiger partial charge on any atom is 0.334 e. The molecule has 6 nitrogen and oxygen atoms in total. The third kappa shape index (κ3) is 3.24. The number of amides is 4. The summed E-state index contributed by atoms with van der Waals surface area (Å²) in [6.07, 6.45) is 0. The quantitative estimate of drug-likeness (QED) is 0.454. The number of ketones is 1. The number of rotatable bonds is 5. The van der Waals surface area contributed by atoms with Crippen molar-refractivity contribution in [3.63, 3.8) is 0 Å². The van der Waals surface area contributed by atoms with Crippen LogP contribution in [0.1, 0.15) is 24.2 Å². The van der Waals surface area contributed by atoms with Gasteiger partial charge in [0.2, 0.25) is 0 Å². The number of hydrogen-bond acceptors (Lipinski definition) is 4. The van der Waals surface area contributed by atoms with Crippen molar-refractivity contribution >= 4 is 39.6 Å². The lowest BCUT2D eigenvalue weighted by molar-refractivity contribution is -0.143. The van der Waals surface area contributed by atoms with E-state index in [0.717, 1.165) is 9.37 Å². The van der Waals surface area contributed by atoms with Crippen molar-refractivity contribution in [2.45, 2.75) is 13.8 Å². The molecule has 0 spiro atoms. The standard InChI is InChI=1S/C15H15BrN2O4/c1-9(2)7-17-13(20)14(21)18(15(17)22)8-12(19)10-3-5-11(16)6-4-10/h3-6,9H,7-8H2,1-2H3. The predicted octanol–water partition coefficient (Wildman–Crippen LogP) is 2.08. The lowest BCUT2D eigenvalue weighted by Crippen LogP contribution is -2.38. The number of carbonyl (C=O) groups is 4. The van der Waals surface area contributed by atoms with Gasteiger partial charge in [-0.3, -0.25) is 19.3 Å². The topological polar surface area (TPSA) is 74.8 Å². The van der Waals surface area contributed by atoms with Crippen LogP contribution in [0.2, 0.25) is 0 Å². The second kappa shape index (κ2) is 6.39. The number of hydrogen-bond donors (Lipinski definition) is 0. The van der Waals surface area contributed by atoms with Crippen molar-refractivity contribution in [2.24, 2.45) is 5.92 Å². The normalized spacial score (nSPS) is 15.2. The van der Waals surface area contributed by atoms with Crippen molar-refractivity contribution in [3.05, 3.63) is 34.3 Å². The molecule has 22 heavy (non-hydrogen) atoms. The minimum absolute atomic E-state index is 0.0443. The number of Topliss-reactive ketones (excluding diaryl/α,β-unsaturated/α-hetero) is 1. The van der Waals surface area contributed by atoms with Crippen LogP contribution in [0.3, 0.4) is 0 Å². The number of halogens is 1. The average molecular weight is 367 g/mol. The van der Waals surface area contributed by atoms with Crippen molar-refractivity contribution in [3.8, 4) is 0 Å². The van der Waals surface area contributed by atoms with Gasteiger partial charge in [0.05, 0.1) is 6.54 Å². The summed E-state index contributed by atoms with van der Waals surface area (Å²) in [5.74, 6) is -2.17. The molecule has 1 aliphatic rings. The first-order valence-electron chi connectivity index (χ1n) is 6.77. The highest BCUT2D eigenvalue weighted by Crippen LogP contribution is 2.16. The summed E-state index contributed by atoms with van der Waals surface area (Å²) in [5.41, 5.74) is 0.374. The predicted molar refractivity (Wildman–Crippen MR) is 82.1 cm³/mol. The molecule has 7 heteroatoms. The monoisotopic (exact) mass is 366 g/mol. The molecule has 2 rings (SSSR count). The molecule has 1 aliphatic heterocycles. The van der Waals surface area contributed by atoms with E-state index >= 15 is 0 Å². The number of carbonyl (C=O) groups excluding carboxylic acids is 4. The summed E-state index contributed by atoms with van der Waals surface area (Å²) in [5, 5.41) is 0. The van der Waals surface area contributed by atoms with Crippen LogP contribution in [0.25, 0.3) is 0 Å². The van der Waals surface area contributed by atoms with Gasteiger partial charge in [-0.1, -0.05) is 41.9 Å². The maximum absolute atomic E-state index is 12.1. The highest BCUT2D eigenvalue weighted by Gasteiger charge is 2.45. The first-order valence-corrected chi connectivity index (χ1v) is 7.56. The Hall–Kier alpha value is -2.02. The molecule has 0 N–H and O–H groups in total. The van der Waals surface area contributed by atoms with Gasteiger partial charge in [0.25, 0.3) is 0 Å². The number of benzene rings is 1. The average Bonchev–Trinajstić information content (AvgIpc) is 2.65. The summed E-state index contributed by atoms with van der Waals surface area (Å²) in [6, 6.07) is 5.83. The van der Waals surface area contributed by atoms with E-state index in [4.69, 9.17) is 0 Å². The SMILES string of the molecule is CC(C)CN1C(=O)C(=O)N(CC(=O)c2ccc(Br)cc2)C1=O. The van der Waals surface area contributed by atoms with Crippen LogP contribution >= 0.6 is 15.9 Å². The Morgan fingerprint density at radius 3 is 2.14 bits per heavy atom. The van der Waals surface area contributed by atoms with E-state index in [1.54, 1.807) is 24.3 Å². The zero-order valence-electron chi connectivity index (χ0n) is 12.2. The molecule has 0 aromatic heterocycles. The number of imide groups is 2. The van der Waals surface area contributed by atoms with Crippen LogP contribution in [0.5, 0.6) is 0 Å². The Kier molecular flexibility index (Phi) is 4.75. The summed E-state index contributed by atoms with van der Waals surface area (Å²) in [7, 11) is 0. The van der Waals surface area contributed by atoms with E-state index in [-0.39, 0.29) is 12.5 Å². The van der Waals surface area contributed by atoms with Gasteiger partial charge >= 0.3 is 17.8 Å². The molecule has 1 heterocycles. The maximum atomic E-state index is 12.1. The molecule has 116 valence electrons. The largest absolute Gasteiger partial charge is 0.334 e. The fourth-order valence-electron chi connectivity index (χ4n) is 2.09. The van der Waals surface area contributed by atoms with Crippen LogP contribution in [-0.4, -0.2) is 46.5 Å². The highest BCUT2D eigenvalue weighted by molar-refractivity contribution is 9.10. The van der Waals surface area contributed by atoms with Crippen LogP contribution in [-0.2, 0) is 9.59 Å². The van der Waals surface area contributed by atoms with Gasteiger partial charge in [-0.05, 0) is 18.1 Å². The van der Waals surface area contributed by atoms with E-state index < -0.39 is 30.2 Å². The molecule has 0 unspecified atom stereocenters. The molecule has 1 aromatic carbocycles. The summed E-state index contributed by atoms with van der Waals surface area (Å²) in [4.78, 5) is 49.6. The van der Waals surface area contributed by atoms with Crippen LogP contribution < -0.4 is 0 Å². The van der Waals surface area contributed by atoms with Gasteiger partial charge in [0.15, 0.2) is 5.78 Å². The van der Waals surface area contributed by atoms with Crippen molar-refractivity contribution < 1.29 is 19.2 Å². The summed E-state index contributed by atoms with van der Waals surface area (Å²) < 4.78 is 0.815. The Morgan fingerprint density at radius 2 is 1.59 bits per heavy atom. The molecule has 4 amide bonds. The highest BCUT2D eigenvalue weighted by atomic mass is 79.9. The first kappa shape index (κ1) is 16.4. The molecule has 1 saturated heterocycles. The number of urea groups is 1. The van der Waals surface area contributed by atoms with Gasteiger partial charge < -0.3 is 0 Å². The van der Waals surface area contributed by atoms with Crippen molar-refractivity contribution in [1.29, 1.82) is 0 Å². The van der Waals surface area contributed by atoms with Gasteiger partial charge in [0.1, 0.15) is 0 Å². The third-order valence-electron chi connectivity index (χ3n) is 3.15. The lowest BCUT2D eigenvalue weighted by Gasteiger charge is -2.16. The van der Waals surface area contributed by atoms with E-state index in [0.29, 0.717) is 10.5 Å². The molecule has 1 aromatic rings. The molecule has 0 radical (unpaired) electrons. The van der Waals surface area contributed by atoms with E-state index in [1.807, 2.05) is 13.8 Å². The molecular weight excluding hydrogens is 352 g/mol. The Morgan fingerprint density at radius 1 is 1.05 bits per heavy atom. The van der Waals surface area contributed by atoms with Gasteiger partial charge in [0, 0.05) is 16.6 Å². The van der Waals surface area contributed by atoms with E-state index in [2.05, 4.69) is 15.9 Å². The third-order valence-corrected chi connectivity index (χ3v) is 3.68. The lowest BCUT2D eigenvalue weighted by atomic mass is 10.1. The van der Waals surface area contributed by atoms with E-state index in [9.17, 15) is 19.2 Å². The smallest absolute Gasteiger partial charge is 0.292 e. The fraction of sp³-hybridized carbons (Fsp3) is 0.333. The second-order valence-corrected chi connectivity index (χ2v) is 6.33. The summed E-state index contributed by atoms with van der Waals surface area (Å²) in [6.45, 7) is 3.40. The first-order chi connectivity index (χ1) is 10.3. The van der Waals surface area contributed by atoms with Crippen molar-refractivity contribution in [2.75, 3.05) is 13.1 Å². The van der Waals surface area contributed by atoms with Crippen LogP contribution in [0.15, 0.2) is 28.7 Å². The fourth-order valence-corrected chi connectivity index (χ4v) is 2.35. The van der Waals surface area contributed by atoms with Gasteiger partial charge in [-0.25, -0.2) is 9.69 Å². The molecule has 0 aliphatic carbocycles. The second-order valence-electron chi connectivity index (χ2n) is 5.41. The van der Waals surface area contributed by atoms with Gasteiger partial charge in [-0.2, -0.15) is 0 Å². The van der Waals surface area contributed by atoms with Gasteiger partial charge in [-0.15, -0.1) is 0 Å². The van der Waals surface area contributed by atoms with Crippen molar-refractivity contribution in [1.82, 2.24) is 9.80 Å². The molecule has 1 fully saturated rings. The van der Waals surface area contributed by atoms with Crippen LogP contribution in [0.4, 0.5) is 4.79 Å². The summed E-state index contributed by atoms with van der Waals surface area (Å²) >= 11 is 3.26. The Balaban J connectivity index is 2.14. The molecule has 0 bridgehead atoms. The Labute approximate surface area is 136 Å². The van der Waals surface area contributed by atoms with Crippen LogP contribution in [0, 0.1) is 5.92 Å². The molecular formula is C15H15BrN2O4. The van der Waals surface area contributed by atoms with E-state index in [1.165, 1.54) is 0 Å². The zero-order chi connectivity index (χ0) is 16.4. The molecule has 0 atom stereocenters. The minimum Gasteiger partial charge on any atom is -0.292 e. The molecule has 0 saturated carbocycles. The zero-order valence-corrected chi connectivity index (χ0v) is 13.8.